The predicted molar refractivity (Wildman–Crippen MR) is 65.9 cm³/mol. The summed E-state index contributed by atoms with van der Waals surface area (Å²) >= 11 is 0. The van der Waals surface area contributed by atoms with Crippen molar-refractivity contribution < 1.29 is 4.74 Å². The molecule has 0 bridgehead atoms. The van der Waals surface area contributed by atoms with Crippen LogP contribution in [-0.2, 0) is 0 Å². The Kier molecular flexibility index (Phi) is 2.82. The number of benzene rings is 1. The zero-order valence-corrected chi connectivity index (χ0v) is 9.77. The molecule has 1 aromatic heterocycles. The van der Waals surface area contributed by atoms with Gasteiger partial charge in [0.05, 0.1) is 12.8 Å². The average molecular weight is 230 g/mol. The number of nitrogens with two attached hydrogens (primary N) is 1. The van der Waals surface area contributed by atoms with Crippen LogP contribution < -0.4 is 10.5 Å². The van der Waals surface area contributed by atoms with Gasteiger partial charge in [0.1, 0.15) is 17.4 Å². The summed E-state index contributed by atoms with van der Waals surface area (Å²) < 4.78 is 7.06. The fourth-order valence-electron chi connectivity index (χ4n) is 1.70. The molecule has 0 saturated carbocycles. The standard InChI is InChI=1S/C12H14N4O/c1-8-15-5-6-16(8)11-7-9(17-2)3-4-10(11)12(13)14/h3-7H,1-2H3,(H3,13,14). The number of nitrogens with zero attached hydrogens (tertiary/aromatic N) is 2. The zero-order valence-electron chi connectivity index (χ0n) is 9.77. The largest absolute Gasteiger partial charge is 0.497 e. The Morgan fingerprint density at radius 1 is 1.47 bits per heavy atom. The normalized spacial score (nSPS) is 10.2. The summed E-state index contributed by atoms with van der Waals surface area (Å²) in [5.74, 6) is 1.58. The molecule has 0 fully saturated rings. The van der Waals surface area contributed by atoms with Gasteiger partial charge in [-0.15, -0.1) is 0 Å². The highest BCUT2D eigenvalue weighted by Crippen LogP contribution is 2.22. The second-order valence-electron chi connectivity index (χ2n) is 3.64. The van der Waals surface area contributed by atoms with Gasteiger partial charge in [0.15, 0.2) is 0 Å². The number of rotatable bonds is 3. The third-order valence-electron chi connectivity index (χ3n) is 2.58. The lowest BCUT2D eigenvalue weighted by atomic mass is 10.1. The monoisotopic (exact) mass is 230 g/mol. The summed E-state index contributed by atoms with van der Waals surface area (Å²) in [4.78, 5) is 4.16. The molecule has 2 aromatic rings. The Balaban J connectivity index is 2.65. The lowest BCUT2D eigenvalue weighted by molar-refractivity contribution is 0.414. The van der Waals surface area contributed by atoms with E-state index in [9.17, 15) is 0 Å². The molecule has 0 unspecified atom stereocenters. The van der Waals surface area contributed by atoms with E-state index in [0.717, 1.165) is 17.3 Å². The van der Waals surface area contributed by atoms with Crippen molar-refractivity contribution in [1.82, 2.24) is 9.55 Å². The number of nitrogens with one attached hydrogen (secondary N) is 1. The average Bonchev–Trinajstić information content (AvgIpc) is 2.74. The van der Waals surface area contributed by atoms with Crippen molar-refractivity contribution in [2.24, 2.45) is 5.73 Å². The first-order valence-electron chi connectivity index (χ1n) is 5.16. The van der Waals surface area contributed by atoms with Gasteiger partial charge in [0, 0.05) is 24.0 Å². The minimum Gasteiger partial charge on any atom is -0.497 e. The number of aryl methyl sites for hydroxylation is 1. The molecule has 0 saturated heterocycles. The first-order valence-corrected chi connectivity index (χ1v) is 5.16. The fourth-order valence-corrected chi connectivity index (χ4v) is 1.70. The second kappa shape index (κ2) is 4.29. The molecule has 17 heavy (non-hydrogen) atoms. The topological polar surface area (TPSA) is 76.9 Å². The van der Waals surface area contributed by atoms with Crippen LogP contribution in [0.5, 0.6) is 5.75 Å². The van der Waals surface area contributed by atoms with Crippen molar-refractivity contribution in [3.63, 3.8) is 0 Å². The van der Waals surface area contributed by atoms with Crippen molar-refractivity contribution in [3.8, 4) is 11.4 Å². The molecule has 5 nitrogen and oxygen atoms in total. The van der Waals surface area contributed by atoms with Crippen LogP contribution in [0.4, 0.5) is 0 Å². The van der Waals surface area contributed by atoms with E-state index in [4.69, 9.17) is 15.9 Å². The Labute approximate surface area is 99.4 Å². The number of hydrogen-bond donors (Lipinski definition) is 2. The number of nitrogen functional groups attached to an aromatic ring is 1. The van der Waals surface area contributed by atoms with Crippen LogP contribution in [0, 0.1) is 12.3 Å². The van der Waals surface area contributed by atoms with Gasteiger partial charge in [0.25, 0.3) is 0 Å². The Morgan fingerprint density at radius 2 is 2.24 bits per heavy atom. The maximum Gasteiger partial charge on any atom is 0.124 e. The van der Waals surface area contributed by atoms with Crippen LogP contribution in [0.2, 0.25) is 0 Å². The van der Waals surface area contributed by atoms with E-state index in [-0.39, 0.29) is 5.84 Å². The summed E-state index contributed by atoms with van der Waals surface area (Å²) in [6.07, 6.45) is 3.54. The first kappa shape index (κ1) is 11.2. The molecule has 0 aliphatic carbocycles. The van der Waals surface area contributed by atoms with E-state index in [1.165, 1.54) is 0 Å². The van der Waals surface area contributed by atoms with Crippen LogP contribution in [0.25, 0.3) is 5.69 Å². The minimum absolute atomic E-state index is 0.0238. The highest BCUT2D eigenvalue weighted by Gasteiger charge is 2.10. The molecule has 0 aliphatic heterocycles. The minimum atomic E-state index is 0.0238. The molecule has 0 amide bonds. The van der Waals surface area contributed by atoms with Gasteiger partial charge in [0.2, 0.25) is 0 Å². The third-order valence-corrected chi connectivity index (χ3v) is 2.58. The number of aromatic nitrogens is 2. The number of imidazole rings is 1. The summed E-state index contributed by atoms with van der Waals surface area (Å²) in [6.45, 7) is 1.89. The third kappa shape index (κ3) is 1.99. The number of methoxy groups -OCH3 is 1. The van der Waals surface area contributed by atoms with Gasteiger partial charge in [-0.3, -0.25) is 5.41 Å². The molecule has 1 aromatic carbocycles. The molecule has 0 atom stereocenters. The lowest BCUT2D eigenvalue weighted by Gasteiger charge is -2.12. The number of hydrogen-bond acceptors (Lipinski definition) is 3. The van der Waals surface area contributed by atoms with Crippen molar-refractivity contribution >= 4 is 5.84 Å². The summed E-state index contributed by atoms with van der Waals surface area (Å²) in [5.41, 5.74) is 7.03. The Bertz CT molecular complexity index is 559. The smallest absolute Gasteiger partial charge is 0.124 e. The molecule has 0 spiro atoms. The van der Waals surface area contributed by atoms with E-state index in [0.29, 0.717) is 5.56 Å². The maximum absolute atomic E-state index is 7.58. The maximum atomic E-state index is 7.58. The highest BCUT2D eigenvalue weighted by molar-refractivity contribution is 5.98. The molecule has 3 N–H and O–H groups in total. The molecule has 88 valence electrons. The van der Waals surface area contributed by atoms with Gasteiger partial charge < -0.3 is 15.0 Å². The number of amidine groups is 1. The zero-order chi connectivity index (χ0) is 12.4. The van der Waals surface area contributed by atoms with E-state index in [1.807, 2.05) is 23.8 Å². The van der Waals surface area contributed by atoms with E-state index in [1.54, 1.807) is 25.4 Å². The van der Waals surface area contributed by atoms with Gasteiger partial charge in [-0.2, -0.15) is 0 Å². The SMILES string of the molecule is COc1ccc(C(=N)N)c(-n2ccnc2C)c1. The van der Waals surface area contributed by atoms with Crippen molar-refractivity contribution in [2.75, 3.05) is 7.11 Å². The van der Waals surface area contributed by atoms with Gasteiger partial charge in [-0.1, -0.05) is 0 Å². The van der Waals surface area contributed by atoms with Crippen LogP contribution in [-0.4, -0.2) is 22.5 Å². The van der Waals surface area contributed by atoms with Gasteiger partial charge in [-0.05, 0) is 19.1 Å². The molecule has 5 heteroatoms. The summed E-state index contributed by atoms with van der Waals surface area (Å²) in [7, 11) is 1.60. The van der Waals surface area contributed by atoms with E-state index >= 15 is 0 Å². The van der Waals surface area contributed by atoms with Crippen molar-refractivity contribution in [3.05, 3.63) is 42.0 Å². The van der Waals surface area contributed by atoms with Crippen molar-refractivity contribution in [1.29, 1.82) is 5.41 Å². The molecule has 2 rings (SSSR count). The van der Waals surface area contributed by atoms with Crippen LogP contribution in [0.3, 0.4) is 0 Å². The van der Waals surface area contributed by atoms with Crippen LogP contribution >= 0.6 is 0 Å². The van der Waals surface area contributed by atoms with Crippen molar-refractivity contribution in [2.45, 2.75) is 6.92 Å². The highest BCUT2D eigenvalue weighted by atomic mass is 16.5. The van der Waals surface area contributed by atoms with Crippen LogP contribution in [0.1, 0.15) is 11.4 Å². The molecule has 0 radical (unpaired) electrons. The van der Waals surface area contributed by atoms with Gasteiger partial charge in [-0.25, -0.2) is 4.98 Å². The molecular weight excluding hydrogens is 216 g/mol. The summed E-state index contributed by atoms with van der Waals surface area (Å²) in [6, 6.07) is 5.40. The quantitative estimate of drug-likeness (QED) is 0.619. The van der Waals surface area contributed by atoms with E-state index < -0.39 is 0 Å². The fraction of sp³-hybridized carbons (Fsp3) is 0.167. The predicted octanol–water partition coefficient (Wildman–Crippen LogP) is 1.47. The molecular formula is C12H14N4O. The van der Waals surface area contributed by atoms with E-state index in [2.05, 4.69) is 4.98 Å². The Morgan fingerprint density at radius 3 is 2.76 bits per heavy atom. The second-order valence-corrected chi connectivity index (χ2v) is 3.64. The molecule has 0 aliphatic rings. The summed E-state index contributed by atoms with van der Waals surface area (Å²) in [5, 5.41) is 7.58. The van der Waals surface area contributed by atoms with Gasteiger partial charge >= 0.3 is 0 Å². The molecule has 1 heterocycles. The van der Waals surface area contributed by atoms with Crippen LogP contribution in [0.15, 0.2) is 30.6 Å². The lowest BCUT2D eigenvalue weighted by Crippen LogP contribution is -2.15. The first-order chi connectivity index (χ1) is 8.13. The number of ether oxygens (including phenoxy) is 1. The Hall–Kier alpha value is -2.30.